The van der Waals surface area contributed by atoms with Crippen molar-refractivity contribution in [2.45, 2.75) is 47.1 Å². The molecule has 0 aliphatic rings. The first-order valence-corrected chi connectivity index (χ1v) is 5.36. The van der Waals surface area contributed by atoms with Crippen LogP contribution < -0.4 is 0 Å². The summed E-state index contributed by atoms with van der Waals surface area (Å²) in [6.07, 6.45) is 0. The van der Waals surface area contributed by atoms with Crippen molar-refractivity contribution in [3.8, 4) is 0 Å². The highest BCUT2D eigenvalue weighted by Crippen LogP contribution is 2.30. The fourth-order valence-electron chi connectivity index (χ4n) is 1.16. The summed E-state index contributed by atoms with van der Waals surface area (Å²) in [5.41, 5.74) is -1.01. The van der Waals surface area contributed by atoms with Crippen LogP contribution in [0.2, 0.25) is 0 Å². The van der Waals surface area contributed by atoms with Crippen LogP contribution in [0.1, 0.15) is 41.5 Å². The maximum absolute atomic E-state index is 12.0. The van der Waals surface area contributed by atoms with E-state index in [4.69, 9.17) is 9.47 Å². The zero-order valence-corrected chi connectivity index (χ0v) is 11.0. The van der Waals surface area contributed by atoms with Crippen LogP contribution >= 0.6 is 0 Å². The molecule has 3 nitrogen and oxygen atoms in total. The fraction of sp³-hybridized carbons (Fsp3) is 0.917. The van der Waals surface area contributed by atoms with Crippen molar-refractivity contribution >= 4 is 5.97 Å². The molecular weight excluding hydrogens is 192 g/mol. The summed E-state index contributed by atoms with van der Waals surface area (Å²) in [4.78, 5) is 12.0. The Balaban J connectivity index is 4.71. The van der Waals surface area contributed by atoms with Gasteiger partial charge in [0.2, 0.25) is 0 Å². The van der Waals surface area contributed by atoms with Crippen molar-refractivity contribution < 1.29 is 14.3 Å². The van der Waals surface area contributed by atoms with Crippen LogP contribution in [0.3, 0.4) is 0 Å². The lowest BCUT2D eigenvalue weighted by Gasteiger charge is -2.33. The SMILES string of the molecule is COCC(C)(C(=O)OC(C)(C)C)C(C)C. The number of ether oxygens (including phenoxy) is 2. The highest BCUT2D eigenvalue weighted by molar-refractivity contribution is 5.77. The lowest BCUT2D eigenvalue weighted by molar-refractivity contribution is -0.173. The molecule has 0 rings (SSSR count). The molecule has 1 atom stereocenters. The van der Waals surface area contributed by atoms with Gasteiger partial charge in [-0.15, -0.1) is 0 Å². The van der Waals surface area contributed by atoms with Gasteiger partial charge in [0.1, 0.15) is 5.60 Å². The van der Waals surface area contributed by atoms with Crippen LogP contribution in [0.25, 0.3) is 0 Å². The molecule has 0 aliphatic carbocycles. The Hall–Kier alpha value is -0.570. The van der Waals surface area contributed by atoms with Crippen LogP contribution in [0.15, 0.2) is 0 Å². The summed E-state index contributed by atoms with van der Waals surface area (Å²) < 4.78 is 10.5. The van der Waals surface area contributed by atoms with Gasteiger partial charge in [0.15, 0.2) is 0 Å². The predicted molar refractivity (Wildman–Crippen MR) is 60.7 cm³/mol. The van der Waals surface area contributed by atoms with Crippen molar-refractivity contribution in [1.29, 1.82) is 0 Å². The Bertz CT molecular complexity index is 215. The van der Waals surface area contributed by atoms with E-state index in [1.165, 1.54) is 0 Å². The molecule has 0 N–H and O–H groups in total. The number of carbonyl (C=O) groups is 1. The van der Waals surface area contributed by atoms with E-state index in [1.54, 1.807) is 7.11 Å². The quantitative estimate of drug-likeness (QED) is 0.678. The minimum atomic E-state index is -0.567. The Morgan fingerprint density at radius 2 is 1.67 bits per heavy atom. The Morgan fingerprint density at radius 1 is 1.20 bits per heavy atom. The van der Waals surface area contributed by atoms with Crippen molar-refractivity contribution in [2.75, 3.05) is 13.7 Å². The average molecular weight is 216 g/mol. The van der Waals surface area contributed by atoms with Gasteiger partial charge in [-0.1, -0.05) is 13.8 Å². The van der Waals surface area contributed by atoms with E-state index in [-0.39, 0.29) is 11.9 Å². The van der Waals surface area contributed by atoms with Crippen molar-refractivity contribution in [1.82, 2.24) is 0 Å². The largest absolute Gasteiger partial charge is 0.459 e. The molecule has 0 radical (unpaired) electrons. The number of esters is 1. The second-order valence-corrected chi connectivity index (χ2v) is 5.51. The van der Waals surface area contributed by atoms with Gasteiger partial charge in [-0.2, -0.15) is 0 Å². The first kappa shape index (κ1) is 14.4. The standard InChI is InChI=1S/C12H24O3/c1-9(2)12(6,8-14-7)10(13)15-11(3,4)5/h9H,8H2,1-7H3. The summed E-state index contributed by atoms with van der Waals surface area (Å²) in [6.45, 7) is 11.9. The minimum absolute atomic E-state index is 0.187. The zero-order valence-electron chi connectivity index (χ0n) is 11.0. The molecule has 0 amide bonds. The van der Waals surface area contributed by atoms with E-state index in [0.717, 1.165) is 0 Å². The van der Waals surface area contributed by atoms with Gasteiger partial charge < -0.3 is 9.47 Å². The minimum Gasteiger partial charge on any atom is -0.459 e. The van der Waals surface area contributed by atoms with Crippen LogP contribution in [-0.4, -0.2) is 25.3 Å². The summed E-state index contributed by atoms with van der Waals surface area (Å²) in [5.74, 6) is -0.000787. The number of hydrogen-bond donors (Lipinski definition) is 0. The molecule has 0 saturated heterocycles. The molecule has 15 heavy (non-hydrogen) atoms. The molecule has 0 aromatic heterocycles. The van der Waals surface area contributed by atoms with Crippen molar-refractivity contribution in [2.24, 2.45) is 11.3 Å². The number of methoxy groups -OCH3 is 1. The molecule has 0 spiro atoms. The third kappa shape index (κ3) is 4.20. The maximum Gasteiger partial charge on any atom is 0.314 e. The monoisotopic (exact) mass is 216 g/mol. The number of hydrogen-bond acceptors (Lipinski definition) is 3. The van der Waals surface area contributed by atoms with E-state index in [1.807, 2.05) is 41.5 Å². The van der Waals surface area contributed by atoms with Gasteiger partial charge >= 0.3 is 5.97 Å². The normalized spacial score (nSPS) is 16.3. The number of rotatable bonds is 4. The smallest absolute Gasteiger partial charge is 0.314 e. The molecule has 0 aromatic rings. The lowest BCUT2D eigenvalue weighted by atomic mass is 9.80. The summed E-state index contributed by atoms with van der Waals surface area (Å²) in [7, 11) is 1.60. The summed E-state index contributed by atoms with van der Waals surface area (Å²) >= 11 is 0. The predicted octanol–water partition coefficient (Wildman–Crippen LogP) is 2.64. The first-order valence-electron chi connectivity index (χ1n) is 5.36. The second kappa shape index (κ2) is 4.97. The average Bonchev–Trinajstić information content (AvgIpc) is 2.00. The van der Waals surface area contributed by atoms with Gasteiger partial charge in [-0.05, 0) is 33.6 Å². The summed E-state index contributed by atoms with van der Waals surface area (Å²) in [5, 5.41) is 0. The first-order chi connectivity index (χ1) is 6.63. The molecular formula is C12H24O3. The van der Waals surface area contributed by atoms with Gasteiger partial charge in [0.05, 0.1) is 12.0 Å². The third-order valence-corrected chi connectivity index (χ3v) is 2.58. The molecule has 0 saturated carbocycles. The molecule has 1 unspecified atom stereocenters. The molecule has 0 heterocycles. The molecule has 3 heteroatoms. The zero-order chi connectivity index (χ0) is 12.3. The van der Waals surface area contributed by atoms with Crippen LogP contribution in [-0.2, 0) is 14.3 Å². The Morgan fingerprint density at radius 3 is 1.93 bits per heavy atom. The van der Waals surface area contributed by atoms with Gasteiger partial charge in [0.25, 0.3) is 0 Å². The van der Waals surface area contributed by atoms with Gasteiger partial charge in [-0.25, -0.2) is 0 Å². The number of carbonyl (C=O) groups excluding carboxylic acids is 1. The van der Waals surface area contributed by atoms with Crippen molar-refractivity contribution in [3.05, 3.63) is 0 Å². The Labute approximate surface area is 93.1 Å². The summed E-state index contributed by atoms with van der Waals surface area (Å²) in [6, 6.07) is 0. The lowest BCUT2D eigenvalue weighted by Crippen LogP contribution is -2.42. The van der Waals surface area contributed by atoms with Crippen LogP contribution in [0, 0.1) is 11.3 Å². The molecule has 0 bridgehead atoms. The highest BCUT2D eigenvalue weighted by Gasteiger charge is 2.40. The highest BCUT2D eigenvalue weighted by atomic mass is 16.6. The fourth-order valence-corrected chi connectivity index (χ4v) is 1.16. The van der Waals surface area contributed by atoms with Crippen LogP contribution in [0.5, 0.6) is 0 Å². The Kier molecular flexibility index (Phi) is 4.78. The third-order valence-electron chi connectivity index (χ3n) is 2.58. The van der Waals surface area contributed by atoms with Gasteiger partial charge in [-0.3, -0.25) is 4.79 Å². The van der Waals surface area contributed by atoms with Crippen molar-refractivity contribution in [3.63, 3.8) is 0 Å². The van der Waals surface area contributed by atoms with E-state index in [0.29, 0.717) is 6.61 Å². The van der Waals surface area contributed by atoms with Crippen LogP contribution in [0.4, 0.5) is 0 Å². The maximum atomic E-state index is 12.0. The van der Waals surface area contributed by atoms with E-state index in [2.05, 4.69) is 0 Å². The topological polar surface area (TPSA) is 35.5 Å². The van der Waals surface area contributed by atoms with E-state index < -0.39 is 11.0 Å². The van der Waals surface area contributed by atoms with Gasteiger partial charge in [0, 0.05) is 7.11 Å². The molecule has 90 valence electrons. The molecule has 0 aliphatic heterocycles. The molecule has 0 aromatic carbocycles. The second-order valence-electron chi connectivity index (χ2n) is 5.51. The van der Waals surface area contributed by atoms with E-state index in [9.17, 15) is 4.79 Å². The van der Waals surface area contributed by atoms with E-state index >= 15 is 0 Å². The molecule has 0 fully saturated rings.